The second-order valence-corrected chi connectivity index (χ2v) is 5.97. The summed E-state index contributed by atoms with van der Waals surface area (Å²) in [6.07, 6.45) is 1.02. The van der Waals surface area contributed by atoms with Gasteiger partial charge in [0, 0.05) is 26.2 Å². The SMILES string of the molecule is CCc1cccc(C(C(C)=O)N2CCN(CC)CC2)c1C. The van der Waals surface area contributed by atoms with Crippen molar-refractivity contribution in [2.75, 3.05) is 32.7 Å². The minimum absolute atomic E-state index is 0.0736. The van der Waals surface area contributed by atoms with E-state index in [1.54, 1.807) is 6.92 Å². The maximum Gasteiger partial charge on any atom is 0.151 e. The molecule has 1 fully saturated rings. The number of carbonyl (C=O) groups is 1. The molecule has 0 aromatic heterocycles. The molecule has 0 N–H and O–H groups in total. The van der Waals surface area contributed by atoms with Crippen molar-refractivity contribution in [3.8, 4) is 0 Å². The molecule has 0 saturated carbocycles. The Labute approximate surface area is 128 Å². The predicted octanol–water partition coefficient (Wildman–Crippen LogP) is 2.83. The highest BCUT2D eigenvalue weighted by molar-refractivity contribution is 5.83. The molecule has 0 aliphatic carbocycles. The fourth-order valence-corrected chi connectivity index (χ4v) is 3.39. The fourth-order valence-electron chi connectivity index (χ4n) is 3.39. The Balaban J connectivity index is 2.26. The van der Waals surface area contributed by atoms with Gasteiger partial charge in [-0.1, -0.05) is 32.0 Å². The first kappa shape index (κ1) is 16.2. The minimum atomic E-state index is -0.0736. The normalized spacial score (nSPS) is 18.7. The third-order valence-electron chi connectivity index (χ3n) is 4.77. The van der Waals surface area contributed by atoms with Gasteiger partial charge in [0.1, 0.15) is 0 Å². The molecule has 116 valence electrons. The van der Waals surface area contributed by atoms with Crippen molar-refractivity contribution in [2.24, 2.45) is 0 Å². The zero-order valence-corrected chi connectivity index (χ0v) is 13.9. The monoisotopic (exact) mass is 288 g/mol. The first-order valence-corrected chi connectivity index (χ1v) is 8.13. The molecule has 0 amide bonds. The van der Waals surface area contributed by atoms with Gasteiger partial charge in [-0.05, 0) is 43.5 Å². The smallest absolute Gasteiger partial charge is 0.151 e. The summed E-state index contributed by atoms with van der Waals surface area (Å²) in [6, 6.07) is 6.33. The molecule has 1 unspecified atom stereocenters. The molecule has 0 bridgehead atoms. The second kappa shape index (κ2) is 7.19. The summed E-state index contributed by atoms with van der Waals surface area (Å²) < 4.78 is 0. The summed E-state index contributed by atoms with van der Waals surface area (Å²) in [5.41, 5.74) is 3.84. The Morgan fingerprint density at radius 1 is 1.19 bits per heavy atom. The van der Waals surface area contributed by atoms with Crippen molar-refractivity contribution >= 4 is 5.78 Å². The van der Waals surface area contributed by atoms with Gasteiger partial charge < -0.3 is 4.90 Å². The average Bonchev–Trinajstić information content (AvgIpc) is 2.49. The molecule has 0 spiro atoms. The van der Waals surface area contributed by atoms with Gasteiger partial charge in [0.25, 0.3) is 0 Å². The second-order valence-electron chi connectivity index (χ2n) is 5.97. The Morgan fingerprint density at radius 3 is 2.38 bits per heavy atom. The molecule has 1 aromatic carbocycles. The van der Waals surface area contributed by atoms with E-state index in [1.165, 1.54) is 16.7 Å². The van der Waals surface area contributed by atoms with Crippen LogP contribution in [0.25, 0.3) is 0 Å². The number of rotatable bonds is 5. The Kier molecular flexibility index (Phi) is 5.54. The number of Topliss-reactive ketones (excluding diaryl/α,β-unsaturated/α-hetero) is 1. The number of hydrogen-bond acceptors (Lipinski definition) is 3. The molecule has 2 rings (SSSR count). The van der Waals surface area contributed by atoms with Gasteiger partial charge >= 0.3 is 0 Å². The van der Waals surface area contributed by atoms with Crippen molar-refractivity contribution in [1.82, 2.24) is 9.80 Å². The average molecular weight is 288 g/mol. The van der Waals surface area contributed by atoms with Crippen LogP contribution in [0.1, 0.15) is 43.5 Å². The van der Waals surface area contributed by atoms with Gasteiger partial charge in [-0.3, -0.25) is 9.69 Å². The summed E-state index contributed by atoms with van der Waals surface area (Å²) in [4.78, 5) is 17.1. The van der Waals surface area contributed by atoms with Gasteiger partial charge in [0.2, 0.25) is 0 Å². The van der Waals surface area contributed by atoms with Gasteiger partial charge in [0.15, 0.2) is 5.78 Å². The molecule has 3 nitrogen and oxygen atoms in total. The van der Waals surface area contributed by atoms with E-state index in [9.17, 15) is 4.79 Å². The number of benzene rings is 1. The van der Waals surface area contributed by atoms with Crippen LogP contribution in [0, 0.1) is 6.92 Å². The highest BCUT2D eigenvalue weighted by Gasteiger charge is 2.29. The summed E-state index contributed by atoms with van der Waals surface area (Å²) in [5, 5.41) is 0. The topological polar surface area (TPSA) is 23.6 Å². The molecule has 3 heteroatoms. The molecule has 1 atom stereocenters. The van der Waals surface area contributed by atoms with E-state index in [-0.39, 0.29) is 11.8 Å². The summed E-state index contributed by atoms with van der Waals surface area (Å²) in [5.74, 6) is 0.260. The van der Waals surface area contributed by atoms with Crippen LogP contribution < -0.4 is 0 Å². The molecule has 21 heavy (non-hydrogen) atoms. The van der Waals surface area contributed by atoms with E-state index in [0.29, 0.717) is 0 Å². The molecule has 0 radical (unpaired) electrons. The van der Waals surface area contributed by atoms with Gasteiger partial charge in [0.05, 0.1) is 6.04 Å². The third kappa shape index (κ3) is 3.53. The van der Waals surface area contributed by atoms with E-state index >= 15 is 0 Å². The third-order valence-corrected chi connectivity index (χ3v) is 4.77. The lowest BCUT2D eigenvalue weighted by molar-refractivity contribution is -0.123. The molecule has 1 aromatic rings. The predicted molar refractivity (Wildman–Crippen MR) is 87.7 cm³/mol. The van der Waals surface area contributed by atoms with Crippen molar-refractivity contribution < 1.29 is 4.79 Å². The summed E-state index contributed by atoms with van der Waals surface area (Å²) in [6.45, 7) is 13.5. The van der Waals surface area contributed by atoms with Crippen molar-refractivity contribution in [3.05, 3.63) is 34.9 Å². The van der Waals surface area contributed by atoms with E-state index in [2.05, 4.69) is 48.8 Å². The first-order chi connectivity index (χ1) is 10.1. The Bertz CT molecular complexity index is 490. The lowest BCUT2D eigenvalue weighted by Crippen LogP contribution is -2.48. The van der Waals surface area contributed by atoms with E-state index < -0.39 is 0 Å². The van der Waals surface area contributed by atoms with Crippen LogP contribution in [0.5, 0.6) is 0 Å². The Morgan fingerprint density at radius 2 is 1.86 bits per heavy atom. The van der Waals surface area contributed by atoms with Crippen molar-refractivity contribution in [1.29, 1.82) is 0 Å². The maximum atomic E-state index is 12.3. The molecule has 1 aliphatic heterocycles. The van der Waals surface area contributed by atoms with E-state index in [4.69, 9.17) is 0 Å². The largest absolute Gasteiger partial charge is 0.301 e. The summed E-state index contributed by atoms with van der Waals surface area (Å²) >= 11 is 0. The van der Waals surface area contributed by atoms with Crippen molar-refractivity contribution in [2.45, 2.75) is 40.2 Å². The maximum absolute atomic E-state index is 12.3. The zero-order chi connectivity index (χ0) is 15.4. The zero-order valence-electron chi connectivity index (χ0n) is 13.9. The molecule has 1 saturated heterocycles. The highest BCUT2D eigenvalue weighted by Crippen LogP contribution is 2.28. The van der Waals surface area contributed by atoms with Crippen LogP contribution in [0.3, 0.4) is 0 Å². The number of nitrogens with zero attached hydrogens (tertiary/aromatic N) is 2. The lowest BCUT2D eigenvalue weighted by Gasteiger charge is -2.38. The van der Waals surface area contributed by atoms with E-state index in [1.807, 2.05) is 0 Å². The van der Waals surface area contributed by atoms with Crippen LogP contribution >= 0.6 is 0 Å². The number of hydrogen-bond donors (Lipinski definition) is 0. The van der Waals surface area contributed by atoms with Crippen LogP contribution in [0.2, 0.25) is 0 Å². The van der Waals surface area contributed by atoms with Crippen LogP contribution in [-0.4, -0.2) is 48.3 Å². The summed E-state index contributed by atoms with van der Waals surface area (Å²) in [7, 11) is 0. The van der Waals surface area contributed by atoms with E-state index in [0.717, 1.165) is 39.1 Å². The molecule has 1 aliphatic rings. The number of likely N-dealkylation sites (N-methyl/N-ethyl adjacent to an activating group) is 1. The van der Waals surface area contributed by atoms with Gasteiger partial charge in [-0.25, -0.2) is 0 Å². The van der Waals surface area contributed by atoms with Gasteiger partial charge in [-0.2, -0.15) is 0 Å². The molecule has 1 heterocycles. The van der Waals surface area contributed by atoms with Crippen LogP contribution in [-0.2, 0) is 11.2 Å². The lowest BCUT2D eigenvalue weighted by atomic mass is 9.92. The van der Waals surface area contributed by atoms with Crippen LogP contribution in [0.4, 0.5) is 0 Å². The standard InChI is InChI=1S/C18H28N2O/c1-5-16-8-7-9-17(14(16)3)18(15(4)21)20-12-10-19(6-2)11-13-20/h7-9,18H,5-6,10-13H2,1-4H3. The number of piperazine rings is 1. The van der Waals surface area contributed by atoms with Crippen LogP contribution in [0.15, 0.2) is 18.2 Å². The number of ketones is 1. The van der Waals surface area contributed by atoms with Gasteiger partial charge in [-0.15, -0.1) is 0 Å². The Hall–Kier alpha value is -1.19. The number of carbonyl (C=O) groups excluding carboxylic acids is 1. The fraction of sp³-hybridized carbons (Fsp3) is 0.611. The minimum Gasteiger partial charge on any atom is -0.301 e. The highest BCUT2D eigenvalue weighted by atomic mass is 16.1. The number of aryl methyl sites for hydroxylation is 1. The first-order valence-electron chi connectivity index (χ1n) is 8.13. The quantitative estimate of drug-likeness (QED) is 0.832. The molecular formula is C18H28N2O. The van der Waals surface area contributed by atoms with Crippen molar-refractivity contribution in [3.63, 3.8) is 0 Å². The molecular weight excluding hydrogens is 260 g/mol.